The number of hydrogen-bond acceptors (Lipinski definition) is 6. The van der Waals surface area contributed by atoms with Crippen molar-refractivity contribution in [1.82, 2.24) is 9.97 Å². The van der Waals surface area contributed by atoms with Crippen LogP contribution in [0.15, 0.2) is 41.7 Å². The molecular formula is C19H20F3N3O3S. The van der Waals surface area contributed by atoms with Crippen LogP contribution in [0.3, 0.4) is 0 Å². The van der Waals surface area contributed by atoms with Crippen molar-refractivity contribution in [3.63, 3.8) is 0 Å². The Morgan fingerprint density at radius 2 is 1.90 bits per heavy atom. The molecule has 10 heteroatoms. The number of rotatable bonds is 4. The first-order chi connectivity index (χ1) is 13.5. The molecular weight excluding hydrogens is 407 g/mol. The van der Waals surface area contributed by atoms with Crippen LogP contribution in [0.4, 0.5) is 18.9 Å². The zero-order valence-corrected chi connectivity index (χ0v) is 16.4. The fraction of sp³-hybridized carbons (Fsp3) is 0.474. The molecule has 2 fully saturated rings. The number of aliphatic hydroxyl groups is 1. The highest BCUT2D eigenvalue weighted by atomic mass is 32.2. The van der Waals surface area contributed by atoms with Gasteiger partial charge in [0.15, 0.2) is 9.84 Å². The Kier molecular flexibility index (Phi) is 4.62. The normalized spacial score (nSPS) is 20.2. The van der Waals surface area contributed by atoms with Crippen LogP contribution in [0.5, 0.6) is 0 Å². The summed E-state index contributed by atoms with van der Waals surface area (Å²) in [5, 5.41) is 10.7. The van der Waals surface area contributed by atoms with Gasteiger partial charge >= 0.3 is 6.18 Å². The molecule has 2 aromatic rings. The lowest BCUT2D eigenvalue weighted by Gasteiger charge is -2.60. The maximum atomic E-state index is 12.6. The van der Waals surface area contributed by atoms with Gasteiger partial charge in [0.05, 0.1) is 22.9 Å². The molecule has 1 saturated heterocycles. The number of sulfone groups is 1. The highest BCUT2D eigenvalue weighted by Gasteiger charge is 2.54. The van der Waals surface area contributed by atoms with E-state index >= 15 is 0 Å². The Labute approximate surface area is 166 Å². The predicted molar refractivity (Wildman–Crippen MR) is 98.9 cm³/mol. The van der Waals surface area contributed by atoms with Crippen molar-refractivity contribution in [2.75, 3.05) is 24.2 Å². The van der Waals surface area contributed by atoms with Gasteiger partial charge in [0.2, 0.25) is 0 Å². The lowest BCUT2D eigenvalue weighted by Crippen LogP contribution is -2.63. The van der Waals surface area contributed by atoms with Gasteiger partial charge in [-0.2, -0.15) is 13.2 Å². The van der Waals surface area contributed by atoms with Crippen LogP contribution < -0.4 is 4.90 Å². The average Bonchev–Trinajstić information content (AvgIpc) is 2.58. The summed E-state index contributed by atoms with van der Waals surface area (Å²) in [7, 11) is -3.47. The van der Waals surface area contributed by atoms with Crippen LogP contribution in [0.25, 0.3) is 0 Å². The minimum atomic E-state index is -4.46. The predicted octanol–water partition coefficient (Wildman–Crippen LogP) is 2.85. The van der Waals surface area contributed by atoms with Crippen molar-refractivity contribution in [3.05, 3.63) is 48.0 Å². The van der Waals surface area contributed by atoms with E-state index in [0.29, 0.717) is 24.3 Å². The van der Waals surface area contributed by atoms with Crippen molar-refractivity contribution < 1.29 is 26.7 Å². The monoisotopic (exact) mass is 427 g/mol. The van der Waals surface area contributed by atoms with E-state index in [2.05, 4.69) is 9.97 Å². The van der Waals surface area contributed by atoms with E-state index in [0.717, 1.165) is 25.2 Å². The van der Waals surface area contributed by atoms with E-state index in [4.69, 9.17) is 0 Å². The molecule has 1 aliphatic heterocycles. The first-order valence-electron chi connectivity index (χ1n) is 9.09. The summed E-state index contributed by atoms with van der Waals surface area (Å²) < 4.78 is 61.8. The lowest BCUT2D eigenvalue weighted by molar-refractivity contribution is -0.141. The smallest absolute Gasteiger partial charge is 0.388 e. The van der Waals surface area contributed by atoms with Crippen molar-refractivity contribution in [3.8, 4) is 0 Å². The summed E-state index contributed by atoms with van der Waals surface area (Å²) in [6.07, 6.45) is 1.18. The maximum Gasteiger partial charge on any atom is 0.433 e. The molecule has 3 heterocycles. The first-order valence-corrected chi connectivity index (χ1v) is 11.0. The summed E-state index contributed by atoms with van der Waals surface area (Å²) in [5.74, 6) is -0.0763. The van der Waals surface area contributed by atoms with Crippen molar-refractivity contribution in [2.45, 2.75) is 30.0 Å². The zero-order valence-electron chi connectivity index (χ0n) is 15.6. The Morgan fingerprint density at radius 1 is 1.21 bits per heavy atom. The molecule has 1 saturated carbocycles. The third-order valence-electron chi connectivity index (χ3n) is 5.82. The van der Waals surface area contributed by atoms with Crippen molar-refractivity contribution >= 4 is 15.5 Å². The maximum absolute atomic E-state index is 12.6. The number of halogens is 3. The van der Waals surface area contributed by atoms with Crippen LogP contribution >= 0.6 is 0 Å². The van der Waals surface area contributed by atoms with E-state index in [1.54, 1.807) is 0 Å². The summed E-state index contributed by atoms with van der Waals surface area (Å²) in [4.78, 5) is 9.49. The van der Waals surface area contributed by atoms with Crippen LogP contribution in [0, 0.1) is 11.3 Å². The molecule has 6 nitrogen and oxygen atoms in total. The van der Waals surface area contributed by atoms with Crippen LogP contribution in [0.1, 0.15) is 30.2 Å². The van der Waals surface area contributed by atoms with Gasteiger partial charge in [0.25, 0.3) is 0 Å². The highest BCUT2D eigenvalue weighted by Crippen LogP contribution is 2.56. The highest BCUT2D eigenvalue weighted by molar-refractivity contribution is 7.90. The number of anilines is 1. The minimum Gasteiger partial charge on any atom is -0.388 e. The number of aliphatic hydroxyl groups excluding tert-OH is 1. The number of pyridine rings is 2. The quantitative estimate of drug-likeness (QED) is 0.808. The molecule has 2 aromatic heterocycles. The van der Waals surface area contributed by atoms with Gasteiger partial charge in [-0.15, -0.1) is 0 Å². The van der Waals surface area contributed by atoms with E-state index in [-0.39, 0.29) is 16.2 Å². The van der Waals surface area contributed by atoms with Crippen LogP contribution in [-0.4, -0.2) is 42.8 Å². The Bertz CT molecular complexity index is 1010. The number of nitrogens with zero attached hydrogens (tertiary/aromatic N) is 3. The summed E-state index contributed by atoms with van der Waals surface area (Å²) in [6, 6.07) is 3.79. The van der Waals surface area contributed by atoms with Gasteiger partial charge in [-0.3, -0.25) is 4.98 Å². The molecule has 1 spiro atoms. The molecule has 4 rings (SSSR count). The lowest BCUT2D eigenvalue weighted by atomic mass is 9.56. The molecule has 0 aromatic carbocycles. The Hall–Kier alpha value is -2.20. The van der Waals surface area contributed by atoms with Gasteiger partial charge < -0.3 is 10.0 Å². The minimum absolute atomic E-state index is 0.00179. The van der Waals surface area contributed by atoms with Crippen LogP contribution in [-0.2, 0) is 16.0 Å². The van der Waals surface area contributed by atoms with Gasteiger partial charge in [0, 0.05) is 42.7 Å². The molecule has 1 aliphatic carbocycles. The second-order valence-corrected chi connectivity index (χ2v) is 10.0. The Morgan fingerprint density at radius 3 is 2.45 bits per heavy atom. The standard InChI is InChI=1S/C19H20F3N3O3S/c1-29(27,28)15-4-5-23-9-14(15)17(26)12-6-18(7-12)10-25(11-18)13-2-3-16(24-8-13)19(20,21)22/h2-5,8-9,12,17,26H,6-7,10-11H2,1H3. The molecule has 156 valence electrons. The molecule has 1 unspecified atom stereocenters. The Balaban J connectivity index is 1.38. The molecule has 29 heavy (non-hydrogen) atoms. The number of hydrogen-bond donors (Lipinski definition) is 1. The van der Waals surface area contributed by atoms with Crippen LogP contribution in [0.2, 0.25) is 0 Å². The first kappa shape index (κ1) is 20.1. The van der Waals surface area contributed by atoms with Crippen molar-refractivity contribution in [2.24, 2.45) is 11.3 Å². The van der Waals surface area contributed by atoms with Crippen molar-refractivity contribution in [1.29, 1.82) is 0 Å². The van der Waals surface area contributed by atoms with E-state index in [9.17, 15) is 26.7 Å². The molecule has 0 radical (unpaired) electrons. The topological polar surface area (TPSA) is 83.4 Å². The molecule has 1 atom stereocenters. The summed E-state index contributed by atoms with van der Waals surface area (Å²) >= 11 is 0. The molecule has 1 N–H and O–H groups in total. The van der Waals surface area contributed by atoms with E-state index < -0.39 is 27.8 Å². The number of alkyl halides is 3. The third kappa shape index (κ3) is 3.71. The average molecular weight is 427 g/mol. The van der Waals surface area contributed by atoms with Gasteiger partial charge in [-0.1, -0.05) is 0 Å². The SMILES string of the molecule is CS(=O)(=O)c1ccncc1C(O)C1CC2(C1)CN(c1ccc(C(F)(F)F)nc1)C2. The molecule has 2 aliphatic rings. The van der Waals surface area contributed by atoms with Gasteiger partial charge in [-0.05, 0) is 37.0 Å². The van der Waals surface area contributed by atoms with E-state index in [1.807, 2.05) is 4.90 Å². The zero-order chi connectivity index (χ0) is 21.0. The third-order valence-corrected chi connectivity index (χ3v) is 6.99. The largest absolute Gasteiger partial charge is 0.433 e. The van der Waals surface area contributed by atoms with Gasteiger partial charge in [0.1, 0.15) is 5.69 Å². The fourth-order valence-corrected chi connectivity index (χ4v) is 5.34. The second kappa shape index (κ2) is 6.66. The number of aromatic nitrogens is 2. The van der Waals surface area contributed by atoms with Gasteiger partial charge in [-0.25, -0.2) is 13.4 Å². The molecule has 0 bridgehead atoms. The summed E-state index contributed by atoms with van der Waals surface area (Å²) in [5.41, 5.74) is 0.0422. The van der Waals surface area contributed by atoms with E-state index in [1.165, 1.54) is 30.7 Å². The fourth-order valence-electron chi connectivity index (χ4n) is 4.43. The second-order valence-electron chi connectivity index (χ2n) is 8.05. The molecule has 0 amide bonds. The summed E-state index contributed by atoms with van der Waals surface area (Å²) in [6.45, 7) is 1.35.